The van der Waals surface area contributed by atoms with Crippen molar-refractivity contribution in [3.8, 4) is 16.5 Å². The molecule has 1 aromatic carbocycles. The van der Waals surface area contributed by atoms with Gasteiger partial charge in [-0.3, -0.25) is 4.79 Å². The maximum absolute atomic E-state index is 12.6. The lowest BCUT2D eigenvalue weighted by Crippen LogP contribution is -2.42. The fraction of sp³-hybridized carbons (Fsp3) is 0.364. The van der Waals surface area contributed by atoms with Crippen molar-refractivity contribution in [1.82, 2.24) is 13.6 Å². The molecular weight excluding hydrogens is 466 g/mol. The number of esters is 1. The van der Waals surface area contributed by atoms with Crippen molar-refractivity contribution in [3.05, 3.63) is 58.8 Å². The van der Waals surface area contributed by atoms with Crippen molar-refractivity contribution in [1.29, 1.82) is 0 Å². The third-order valence-electron chi connectivity index (χ3n) is 4.68. The van der Waals surface area contributed by atoms with Crippen molar-refractivity contribution in [2.45, 2.75) is 27.0 Å². The van der Waals surface area contributed by atoms with Gasteiger partial charge >= 0.3 is 5.97 Å². The van der Waals surface area contributed by atoms with Crippen LogP contribution in [-0.2, 0) is 32.9 Å². The number of hydrogen-bond donors (Lipinski definition) is 0. The molecule has 0 fully saturated rings. The van der Waals surface area contributed by atoms with Gasteiger partial charge in [0.05, 0.1) is 11.5 Å². The van der Waals surface area contributed by atoms with Crippen LogP contribution in [0.1, 0.15) is 23.9 Å². The molecule has 0 aliphatic carbocycles. The molecule has 3 aromatic rings. The Morgan fingerprint density at radius 2 is 1.91 bits per heavy atom. The molecule has 178 valence electrons. The molecule has 0 aliphatic heterocycles. The largest absolute Gasteiger partial charge is 0.487 e. The third kappa shape index (κ3) is 6.41. The van der Waals surface area contributed by atoms with E-state index in [4.69, 9.17) is 13.9 Å². The molecule has 0 bridgehead atoms. The zero-order valence-corrected chi connectivity index (χ0v) is 20.6. The van der Waals surface area contributed by atoms with Gasteiger partial charge in [0, 0.05) is 20.6 Å². The van der Waals surface area contributed by atoms with Crippen molar-refractivity contribution in [2.24, 2.45) is 0 Å². The third-order valence-corrected chi connectivity index (χ3v) is 7.37. The summed E-state index contributed by atoms with van der Waals surface area (Å²) in [5.41, 5.74) is 1.41. The van der Waals surface area contributed by atoms with Crippen molar-refractivity contribution in [3.63, 3.8) is 0 Å². The van der Waals surface area contributed by atoms with E-state index in [9.17, 15) is 13.2 Å². The summed E-state index contributed by atoms with van der Waals surface area (Å²) < 4.78 is 43.9. The van der Waals surface area contributed by atoms with E-state index in [0.29, 0.717) is 28.7 Å². The molecule has 2 aromatic heterocycles. The van der Waals surface area contributed by atoms with Crippen LogP contribution in [0.4, 0.5) is 0 Å². The highest BCUT2D eigenvalue weighted by atomic mass is 32.2. The van der Waals surface area contributed by atoms with E-state index in [2.05, 4.69) is 4.98 Å². The minimum atomic E-state index is -3.81. The van der Waals surface area contributed by atoms with E-state index >= 15 is 0 Å². The molecule has 33 heavy (non-hydrogen) atoms. The predicted molar refractivity (Wildman–Crippen MR) is 125 cm³/mol. The van der Waals surface area contributed by atoms with Gasteiger partial charge in [-0.05, 0) is 43.0 Å². The number of hydrogen-bond acceptors (Lipinski definition) is 8. The first-order chi connectivity index (χ1) is 15.7. The first kappa shape index (κ1) is 24.9. The Labute approximate surface area is 197 Å². The molecule has 2 heterocycles. The number of thiophene rings is 1. The first-order valence-electron chi connectivity index (χ1n) is 10.3. The summed E-state index contributed by atoms with van der Waals surface area (Å²) >= 11 is 1.55. The highest BCUT2D eigenvalue weighted by Crippen LogP contribution is 2.26. The summed E-state index contributed by atoms with van der Waals surface area (Å²) in [5, 5.41) is 1.96. The second-order valence-corrected chi connectivity index (χ2v) is 10.4. The number of benzene rings is 1. The van der Waals surface area contributed by atoms with E-state index in [1.807, 2.05) is 24.4 Å². The second kappa shape index (κ2) is 10.9. The average Bonchev–Trinajstić information content (AvgIpc) is 3.42. The maximum atomic E-state index is 12.6. The summed E-state index contributed by atoms with van der Waals surface area (Å²) in [6.45, 7) is 3.58. The lowest BCUT2D eigenvalue weighted by atomic mass is 10.2. The summed E-state index contributed by atoms with van der Waals surface area (Å²) in [7, 11) is -0.978. The molecule has 9 nitrogen and oxygen atoms in total. The van der Waals surface area contributed by atoms with Crippen LogP contribution in [-0.4, -0.2) is 55.2 Å². The van der Waals surface area contributed by atoms with E-state index in [0.717, 1.165) is 13.5 Å². The number of nitrogens with zero attached hydrogens (tertiary/aromatic N) is 3. The number of carbonyl (C=O) groups excluding carboxylic acids is 1. The standard InChI is InChI=1S/C22H27N3O6S2/c1-5-29-21(26)14-25(33(27,28)24(3)4)13-17-8-10-18(11-9-17)30-15-19-16(2)31-22(23-19)20-7-6-12-32-20/h6-12H,5,13-15H2,1-4H3. The average molecular weight is 494 g/mol. The first-order valence-corrected chi connectivity index (χ1v) is 12.5. The number of oxazole rings is 1. The van der Waals surface area contributed by atoms with Crippen molar-refractivity contribution in [2.75, 3.05) is 27.2 Å². The molecule has 0 spiro atoms. The Bertz CT molecular complexity index is 1160. The molecule has 0 N–H and O–H groups in total. The minimum absolute atomic E-state index is 0.0200. The van der Waals surface area contributed by atoms with Gasteiger partial charge in [-0.15, -0.1) is 11.3 Å². The highest BCUT2D eigenvalue weighted by molar-refractivity contribution is 7.86. The second-order valence-electron chi connectivity index (χ2n) is 7.30. The van der Waals surface area contributed by atoms with Crippen LogP contribution in [0.5, 0.6) is 5.75 Å². The van der Waals surface area contributed by atoms with Gasteiger partial charge in [0.15, 0.2) is 0 Å². The lowest BCUT2D eigenvalue weighted by Gasteiger charge is -2.24. The van der Waals surface area contributed by atoms with Crippen LogP contribution in [0.15, 0.2) is 46.2 Å². The van der Waals surface area contributed by atoms with E-state index in [-0.39, 0.29) is 26.3 Å². The quantitative estimate of drug-likeness (QED) is 0.377. The zero-order valence-electron chi connectivity index (χ0n) is 19.0. The molecule has 0 radical (unpaired) electrons. The molecule has 0 amide bonds. The van der Waals surface area contributed by atoms with Crippen LogP contribution in [0.25, 0.3) is 10.8 Å². The number of aromatic nitrogens is 1. The number of rotatable bonds is 11. The van der Waals surface area contributed by atoms with Crippen LogP contribution in [0, 0.1) is 6.92 Å². The van der Waals surface area contributed by atoms with Gasteiger partial charge in [-0.25, -0.2) is 4.98 Å². The van der Waals surface area contributed by atoms with E-state index in [1.165, 1.54) is 14.1 Å². The van der Waals surface area contributed by atoms with E-state index < -0.39 is 16.2 Å². The SMILES string of the molecule is CCOC(=O)CN(Cc1ccc(OCc2nc(-c3cccs3)oc2C)cc1)S(=O)(=O)N(C)C. The molecule has 0 aliphatic rings. The summed E-state index contributed by atoms with van der Waals surface area (Å²) in [6.07, 6.45) is 0. The lowest BCUT2D eigenvalue weighted by molar-refractivity contribution is -0.143. The maximum Gasteiger partial charge on any atom is 0.321 e. The smallest absolute Gasteiger partial charge is 0.321 e. The minimum Gasteiger partial charge on any atom is -0.487 e. The Kier molecular flexibility index (Phi) is 8.25. The van der Waals surface area contributed by atoms with Gasteiger partial charge in [-0.2, -0.15) is 17.0 Å². The highest BCUT2D eigenvalue weighted by Gasteiger charge is 2.27. The molecule has 0 saturated carbocycles. The van der Waals surface area contributed by atoms with Crippen molar-refractivity contribution >= 4 is 27.5 Å². The van der Waals surface area contributed by atoms with Crippen LogP contribution >= 0.6 is 11.3 Å². The Morgan fingerprint density at radius 1 is 1.18 bits per heavy atom. The fourth-order valence-corrected chi connectivity index (χ4v) is 4.61. The van der Waals surface area contributed by atoms with Crippen LogP contribution < -0.4 is 4.74 Å². The molecular formula is C22H27N3O6S2. The topological polar surface area (TPSA) is 102 Å². The van der Waals surface area contributed by atoms with Gasteiger partial charge in [0.25, 0.3) is 10.2 Å². The number of carbonyl (C=O) groups is 1. The van der Waals surface area contributed by atoms with Crippen LogP contribution in [0.2, 0.25) is 0 Å². The van der Waals surface area contributed by atoms with Crippen LogP contribution in [0.3, 0.4) is 0 Å². The summed E-state index contributed by atoms with van der Waals surface area (Å²) in [4.78, 5) is 17.4. The Balaban J connectivity index is 1.65. The monoisotopic (exact) mass is 493 g/mol. The predicted octanol–water partition coefficient (Wildman–Crippen LogP) is 3.46. The summed E-state index contributed by atoms with van der Waals surface area (Å²) in [6, 6.07) is 10.9. The Morgan fingerprint density at radius 3 is 2.52 bits per heavy atom. The summed E-state index contributed by atoms with van der Waals surface area (Å²) in [5.74, 6) is 1.26. The molecule has 0 unspecified atom stereocenters. The molecule has 11 heteroatoms. The molecule has 0 atom stereocenters. The van der Waals surface area contributed by atoms with Gasteiger partial charge in [0.1, 0.15) is 30.4 Å². The van der Waals surface area contributed by atoms with E-state index in [1.54, 1.807) is 42.5 Å². The normalized spacial score (nSPS) is 11.8. The Hall–Kier alpha value is -2.73. The van der Waals surface area contributed by atoms with Gasteiger partial charge < -0.3 is 13.9 Å². The van der Waals surface area contributed by atoms with Crippen molar-refractivity contribution < 1.29 is 27.1 Å². The molecule has 0 saturated heterocycles. The van der Waals surface area contributed by atoms with Gasteiger partial charge in [-0.1, -0.05) is 18.2 Å². The fourth-order valence-electron chi connectivity index (χ4n) is 2.91. The zero-order chi connectivity index (χ0) is 24.0. The molecule has 3 rings (SSSR count). The number of aryl methyl sites for hydroxylation is 1. The van der Waals surface area contributed by atoms with Gasteiger partial charge in [0.2, 0.25) is 5.89 Å². The number of ether oxygens (including phenoxy) is 2.